The molecule has 5 rings (SSSR count). The van der Waals surface area contributed by atoms with Gasteiger partial charge in [0.25, 0.3) is 5.69 Å². The maximum absolute atomic E-state index is 12.3. The van der Waals surface area contributed by atoms with Crippen molar-refractivity contribution in [3.05, 3.63) is 118 Å². The Morgan fingerprint density at radius 2 is 1.39 bits per heavy atom. The number of nitrogens with zero attached hydrogens (tertiary/aromatic N) is 2. The van der Waals surface area contributed by atoms with Gasteiger partial charge < -0.3 is 9.15 Å². The number of esters is 1. The van der Waals surface area contributed by atoms with Gasteiger partial charge in [-0.25, -0.2) is 9.79 Å². The zero-order valence-electron chi connectivity index (χ0n) is 17.2. The monoisotopic (exact) mass is 436 g/mol. The van der Waals surface area contributed by atoms with Crippen molar-refractivity contribution < 1.29 is 18.9 Å². The molecule has 0 amide bonds. The molecule has 7 heteroatoms. The van der Waals surface area contributed by atoms with Gasteiger partial charge in [-0.15, -0.1) is 0 Å². The molecule has 0 fully saturated rings. The molecule has 0 N–H and O–H groups in total. The number of cyclic esters (lactones) is 1. The Morgan fingerprint density at radius 1 is 0.758 bits per heavy atom. The van der Waals surface area contributed by atoms with Crippen molar-refractivity contribution >= 4 is 23.6 Å². The second-order valence-electron chi connectivity index (χ2n) is 7.29. The van der Waals surface area contributed by atoms with Gasteiger partial charge in [-0.2, -0.15) is 0 Å². The fraction of sp³-hybridized carbons (Fsp3) is 0. The summed E-state index contributed by atoms with van der Waals surface area (Å²) >= 11 is 0. The molecule has 0 bridgehead atoms. The first-order valence-corrected chi connectivity index (χ1v) is 10.1. The lowest BCUT2D eigenvalue weighted by atomic mass is 10.0. The molecule has 0 unspecified atom stereocenters. The summed E-state index contributed by atoms with van der Waals surface area (Å²) < 4.78 is 11.1. The highest BCUT2D eigenvalue weighted by atomic mass is 16.6. The molecule has 3 aromatic carbocycles. The number of rotatable bonds is 5. The summed E-state index contributed by atoms with van der Waals surface area (Å²) in [5.74, 6) is 0.599. The van der Waals surface area contributed by atoms with Crippen molar-refractivity contribution in [2.45, 2.75) is 0 Å². The molecular weight excluding hydrogens is 420 g/mol. The average Bonchev–Trinajstić information content (AvgIpc) is 3.47. The van der Waals surface area contributed by atoms with Gasteiger partial charge in [-0.1, -0.05) is 42.5 Å². The number of nitro groups is 1. The highest BCUT2D eigenvalue weighted by Crippen LogP contribution is 2.27. The number of non-ortho nitro benzene ring substituents is 1. The Bertz CT molecular complexity index is 1400. The summed E-state index contributed by atoms with van der Waals surface area (Å²) in [6.07, 6.45) is 1.50. The molecule has 1 aromatic heterocycles. The number of ether oxygens (including phenoxy) is 1. The zero-order chi connectivity index (χ0) is 22.8. The van der Waals surface area contributed by atoms with E-state index in [1.54, 1.807) is 24.3 Å². The van der Waals surface area contributed by atoms with Gasteiger partial charge in [0.15, 0.2) is 5.70 Å². The molecule has 7 nitrogen and oxygen atoms in total. The van der Waals surface area contributed by atoms with Crippen molar-refractivity contribution in [2.75, 3.05) is 0 Å². The summed E-state index contributed by atoms with van der Waals surface area (Å²) in [6.45, 7) is 0. The molecule has 0 atom stereocenters. The first kappa shape index (κ1) is 20.1. The normalized spacial score (nSPS) is 14.2. The predicted molar refractivity (Wildman–Crippen MR) is 123 cm³/mol. The second kappa shape index (κ2) is 8.39. The number of furan rings is 1. The Balaban J connectivity index is 1.36. The lowest BCUT2D eigenvalue weighted by Gasteiger charge is -2.03. The highest BCUT2D eigenvalue weighted by Gasteiger charge is 2.24. The summed E-state index contributed by atoms with van der Waals surface area (Å²) in [6, 6.07) is 27.0. The summed E-state index contributed by atoms with van der Waals surface area (Å²) in [4.78, 5) is 27.0. The van der Waals surface area contributed by atoms with E-state index in [-0.39, 0.29) is 17.3 Å². The van der Waals surface area contributed by atoms with Crippen LogP contribution in [-0.2, 0) is 9.53 Å². The lowest BCUT2D eigenvalue weighted by molar-refractivity contribution is -0.384. The number of nitro benzene ring substituents is 1. The molecule has 4 aromatic rings. The van der Waals surface area contributed by atoms with Crippen molar-refractivity contribution in [3.8, 4) is 22.5 Å². The molecule has 0 saturated carbocycles. The topological polar surface area (TPSA) is 94.9 Å². The van der Waals surface area contributed by atoms with E-state index in [9.17, 15) is 14.9 Å². The number of hydrogen-bond acceptors (Lipinski definition) is 6. The maximum atomic E-state index is 12.3. The van der Waals surface area contributed by atoms with Crippen LogP contribution in [0.3, 0.4) is 0 Å². The quantitative estimate of drug-likeness (QED) is 0.169. The van der Waals surface area contributed by atoms with Crippen molar-refractivity contribution in [1.29, 1.82) is 0 Å². The number of carbonyl (C=O) groups excluding carboxylic acids is 1. The van der Waals surface area contributed by atoms with Crippen LogP contribution in [0.2, 0.25) is 0 Å². The molecular formula is C26H16N2O5. The van der Waals surface area contributed by atoms with Gasteiger partial charge >= 0.3 is 5.97 Å². The SMILES string of the molecule is O=C1OC(c2ccc(-c3ccccc3)cc2)=N/C1=C\c1ccc(-c2ccc([N+](=O)[O-])cc2)o1. The van der Waals surface area contributed by atoms with E-state index in [0.717, 1.165) is 11.1 Å². The van der Waals surface area contributed by atoms with Crippen molar-refractivity contribution in [3.63, 3.8) is 0 Å². The number of hydrogen-bond donors (Lipinski definition) is 0. The lowest BCUT2D eigenvalue weighted by Crippen LogP contribution is -2.05. The smallest absolute Gasteiger partial charge is 0.363 e. The van der Waals surface area contributed by atoms with Crippen molar-refractivity contribution in [2.24, 2.45) is 4.99 Å². The van der Waals surface area contributed by atoms with Crippen LogP contribution < -0.4 is 0 Å². The Hall–Kier alpha value is -4.78. The van der Waals surface area contributed by atoms with Crippen LogP contribution in [-0.4, -0.2) is 16.8 Å². The van der Waals surface area contributed by atoms with Crippen LogP contribution >= 0.6 is 0 Å². The molecule has 0 radical (unpaired) electrons. The summed E-state index contributed by atoms with van der Waals surface area (Å²) in [5.41, 5.74) is 3.65. The van der Waals surface area contributed by atoms with E-state index < -0.39 is 10.9 Å². The Morgan fingerprint density at radius 3 is 2.09 bits per heavy atom. The molecule has 33 heavy (non-hydrogen) atoms. The van der Waals surface area contributed by atoms with Crippen molar-refractivity contribution in [1.82, 2.24) is 0 Å². The standard InChI is InChI=1S/C26H16N2O5/c29-26-23(16-22-14-15-24(32-22)19-10-12-21(13-11-19)28(30)31)27-25(33-26)20-8-6-18(7-9-20)17-4-2-1-3-5-17/h1-16H/b23-16-. The Kier molecular flexibility index (Phi) is 5.12. The van der Waals surface area contributed by atoms with Gasteiger partial charge in [0.2, 0.25) is 5.90 Å². The van der Waals surface area contributed by atoms with Gasteiger partial charge in [-0.3, -0.25) is 10.1 Å². The van der Waals surface area contributed by atoms with E-state index in [2.05, 4.69) is 4.99 Å². The number of benzene rings is 3. The predicted octanol–water partition coefficient (Wildman–Crippen LogP) is 5.87. The highest BCUT2D eigenvalue weighted by molar-refractivity contribution is 6.12. The molecule has 0 saturated heterocycles. The summed E-state index contributed by atoms with van der Waals surface area (Å²) in [5, 5.41) is 10.8. The number of aliphatic imine (C=N–C) groups is 1. The molecule has 0 aliphatic carbocycles. The largest absolute Gasteiger partial charge is 0.457 e. The fourth-order valence-electron chi connectivity index (χ4n) is 3.44. The van der Waals surface area contributed by atoms with E-state index in [4.69, 9.17) is 9.15 Å². The van der Waals surface area contributed by atoms with Crippen LogP contribution in [0.4, 0.5) is 5.69 Å². The first-order valence-electron chi connectivity index (χ1n) is 10.1. The van der Waals surface area contributed by atoms with Gasteiger partial charge in [0.05, 0.1) is 4.92 Å². The van der Waals surface area contributed by atoms with E-state index in [0.29, 0.717) is 22.6 Å². The Labute approximate surface area is 188 Å². The van der Waals surface area contributed by atoms with E-state index in [1.807, 2.05) is 54.6 Å². The molecule has 0 spiro atoms. The summed E-state index contributed by atoms with van der Waals surface area (Å²) in [7, 11) is 0. The zero-order valence-corrected chi connectivity index (χ0v) is 17.2. The minimum Gasteiger partial charge on any atom is -0.457 e. The van der Waals surface area contributed by atoms with Crippen LogP contribution in [0.15, 0.2) is 106 Å². The minimum absolute atomic E-state index is 0.0000153. The van der Waals surface area contributed by atoms with E-state index in [1.165, 1.54) is 18.2 Å². The van der Waals surface area contributed by atoms with Crippen LogP contribution in [0.5, 0.6) is 0 Å². The van der Waals surface area contributed by atoms with Gasteiger partial charge in [0, 0.05) is 29.3 Å². The van der Waals surface area contributed by atoms with Gasteiger partial charge in [0.1, 0.15) is 11.5 Å². The van der Waals surface area contributed by atoms with Crippen LogP contribution in [0.1, 0.15) is 11.3 Å². The third-order valence-corrected chi connectivity index (χ3v) is 5.13. The fourth-order valence-corrected chi connectivity index (χ4v) is 3.44. The molecule has 160 valence electrons. The third-order valence-electron chi connectivity index (χ3n) is 5.13. The first-order chi connectivity index (χ1) is 16.1. The second-order valence-corrected chi connectivity index (χ2v) is 7.29. The average molecular weight is 436 g/mol. The minimum atomic E-state index is -0.564. The third kappa shape index (κ3) is 4.20. The molecule has 2 heterocycles. The van der Waals surface area contributed by atoms with Crippen LogP contribution in [0, 0.1) is 10.1 Å². The molecule has 1 aliphatic heterocycles. The maximum Gasteiger partial charge on any atom is 0.363 e. The van der Waals surface area contributed by atoms with Crippen LogP contribution in [0.25, 0.3) is 28.5 Å². The molecule has 1 aliphatic rings. The van der Waals surface area contributed by atoms with E-state index >= 15 is 0 Å². The van der Waals surface area contributed by atoms with Gasteiger partial charge in [-0.05, 0) is 47.5 Å². The number of carbonyl (C=O) groups is 1.